The van der Waals surface area contributed by atoms with Crippen molar-refractivity contribution >= 4 is 11.6 Å². The van der Waals surface area contributed by atoms with Gasteiger partial charge in [-0.05, 0) is 86.2 Å². The maximum absolute atomic E-state index is 14.7. The van der Waals surface area contributed by atoms with Gasteiger partial charge in [-0.3, -0.25) is 0 Å². The molecule has 0 spiro atoms. The van der Waals surface area contributed by atoms with Crippen molar-refractivity contribution in [2.24, 2.45) is 11.8 Å². The van der Waals surface area contributed by atoms with E-state index in [0.29, 0.717) is 28.8 Å². The molecule has 0 radical (unpaired) electrons. The van der Waals surface area contributed by atoms with Gasteiger partial charge >= 0.3 is 0 Å². The standard InChI is InChI=1S/C21H27ClF2/c1-2-14-3-7-16(8-4-14)18-11-12-19(21(24)20(18)23)17-9-5-15(13-22)6-10-17/h2,11-12,14-17H,1,3-10,13H2. The highest BCUT2D eigenvalue weighted by atomic mass is 35.5. The molecule has 0 unspecified atom stereocenters. The van der Waals surface area contributed by atoms with Gasteiger partial charge in [0.25, 0.3) is 0 Å². The van der Waals surface area contributed by atoms with Gasteiger partial charge in [0.15, 0.2) is 11.6 Å². The van der Waals surface area contributed by atoms with Crippen LogP contribution < -0.4 is 0 Å². The summed E-state index contributed by atoms with van der Waals surface area (Å²) < 4.78 is 29.4. The molecule has 0 bridgehead atoms. The zero-order valence-electron chi connectivity index (χ0n) is 14.2. The zero-order valence-corrected chi connectivity index (χ0v) is 15.0. The van der Waals surface area contributed by atoms with Gasteiger partial charge in [0.1, 0.15) is 0 Å². The Balaban J connectivity index is 1.73. The number of rotatable bonds is 4. The first-order valence-electron chi connectivity index (χ1n) is 9.30. The lowest BCUT2D eigenvalue weighted by Crippen LogP contribution is -2.17. The van der Waals surface area contributed by atoms with Crippen LogP contribution in [0.3, 0.4) is 0 Å². The summed E-state index contributed by atoms with van der Waals surface area (Å²) in [4.78, 5) is 0. The molecule has 132 valence electrons. The Morgan fingerprint density at radius 2 is 1.33 bits per heavy atom. The minimum atomic E-state index is -0.604. The highest BCUT2D eigenvalue weighted by Crippen LogP contribution is 2.41. The molecule has 2 fully saturated rings. The molecule has 1 aromatic carbocycles. The molecule has 0 saturated heterocycles. The number of hydrogen-bond acceptors (Lipinski definition) is 0. The van der Waals surface area contributed by atoms with E-state index in [4.69, 9.17) is 11.6 Å². The summed E-state index contributed by atoms with van der Waals surface area (Å²) in [5, 5.41) is 0. The number of benzene rings is 1. The fraction of sp³-hybridized carbons (Fsp3) is 0.619. The molecule has 0 aromatic heterocycles. The Morgan fingerprint density at radius 3 is 1.75 bits per heavy atom. The van der Waals surface area contributed by atoms with Crippen LogP contribution in [0.15, 0.2) is 24.8 Å². The van der Waals surface area contributed by atoms with Crippen LogP contribution in [0.2, 0.25) is 0 Å². The molecule has 1 aromatic rings. The number of allylic oxidation sites excluding steroid dienone is 1. The van der Waals surface area contributed by atoms with Crippen molar-refractivity contribution in [1.82, 2.24) is 0 Å². The van der Waals surface area contributed by atoms with E-state index in [2.05, 4.69) is 6.58 Å². The summed E-state index contributed by atoms with van der Waals surface area (Å²) in [6, 6.07) is 3.69. The smallest absolute Gasteiger partial charge is 0.162 e. The highest BCUT2D eigenvalue weighted by molar-refractivity contribution is 6.18. The number of hydrogen-bond donors (Lipinski definition) is 0. The Hall–Kier alpha value is -0.890. The highest BCUT2D eigenvalue weighted by Gasteiger charge is 2.29. The number of halogens is 3. The molecule has 0 amide bonds. The molecule has 0 atom stereocenters. The largest absolute Gasteiger partial charge is 0.203 e. The summed E-state index contributed by atoms with van der Waals surface area (Å²) in [6.45, 7) is 3.85. The molecule has 0 N–H and O–H groups in total. The van der Waals surface area contributed by atoms with E-state index in [1.165, 1.54) is 0 Å². The van der Waals surface area contributed by atoms with Crippen LogP contribution >= 0.6 is 11.6 Å². The lowest BCUT2D eigenvalue weighted by Gasteiger charge is -2.30. The third-order valence-corrected chi connectivity index (χ3v) is 6.63. The first-order chi connectivity index (χ1) is 11.6. The molecule has 3 rings (SSSR count). The SMILES string of the molecule is C=CC1CCC(c2ccc(C3CCC(CCl)CC3)c(F)c2F)CC1. The molecule has 2 aliphatic rings. The third-order valence-electron chi connectivity index (χ3n) is 6.19. The van der Waals surface area contributed by atoms with Crippen LogP contribution in [-0.4, -0.2) is 5.88 Å². The topological polar surface area (TPSA) is 0 Å². The lowest BCUT2D eigenvalue weighted by atomic mass is 9.76. The fourth-order valence-corrected chi connectivity index (χ4v) is 4.81. The quantitative estimate of drug-likeness (QED) is 0.406. The summed E-state index contributed by atoms with van der Waals surface area (Å²) in [5.74, 6) is 0.833. The second-order valence-corrected chi connectivity index (χ2v) is 7.90. The van der Waals surface area contributed by atoms with E-state index in [9.17, 15) is 8.78 Å². The summed E-state index contributed by atoms with van der Waals surface area (Å²) in [7, 11) is 0. The average Bonchev–Trinajstić information content (AvgIpc) is 2.64. The normalized spacial score (nSPS) is 31.0. The molecule has 0 nitrogen and oxygen atoms in total. The maximum Gasteiger partial charge on any atom is 0.162 e. The van der Waals surface area contributed by atoms with E-state index < -0.39 is 11.6 Å². The van der Waals surface area contributed by atoms with Crippen LogP contribution in [-0.2, 0) is 0 Å². The minimum absolute atomic E-state index is 0.143. The van der Waals surface area contributed by atoms with Gasteiger partial charge in [-0.2, -0.15) is 0 Å². The molecule has 2 aliphatic carbocycles. The van der Waals surface area contributed by atoms with E-state index in [1.54, 1.807) is 0 Å². The predicted octanol–water partition coefficient (Wildman–Crippen LogP) is 6.94. The van der Waals surface area contributed by atoms with Crippen molar-refractivity contribution < 1.29 is 8.78 Å². The van der Waals surface area contributed by atoms with Gasteiger partial charge in [0.05, 0.1) is 0 Å². The molecule has 2 saturated carbocycles. The van der Waals surface area contributed by atoms with E-state index in [0.717, 1.165) is 51.4 Å². The summed E-state index contributed by atoms with van der Waals surface area (Å²) in [6.07, 6.45) is 9.76. The molecule has 24 heavy (non-hydrogen) atoms. The van der Waals surface area contributed by atoms with Crippen molar-refractivity contribution in [3.8, 4) is 0 Å². The summed E-state index contributed by atoms with van der Waals surface area (Å²) >= 11 is 5.92. The molecular weight excluding hydrogens is 326 g/mol. The number of alkyl halides is 1. The third kappa shape index (κ3) is 3.69. The lowest BCUT2D eigenvalue weighted by molar-refractivity contribution is 0.338. The van der Waals surface area contributed by atoms with Crippen LogP contribution in [0.5, 0.6) is 0 Å². The second-order valence-electron chi connectivity index (χ2n) is 7.59. The van der Waals surface area contributed by atoms with Crippen LogP contribution in [0.25, 0.3) is 0 Å². The first kappa shape index (κ1) is 17.9. The van der Waals surface area contributed by atoms with E-state index >= 15 is 0 Å². The maximum atomic E-state index is 14.7. The zero-order chi connectivity index (χ0) is 17.1. The molecular formula is C21H27ClF2. The second kappa shape index (κ2) is 7.99. The van der Waals surface area contributed by atoms with Crippen molar-refractivity contribution in [2.75, 3.05) is 5.88 Å². The van der Waals surface area contributed by atoms with Crippen molar-refractivity contribution in [2.45, 2.75) is 63.2 Å². The van der Waals surface area contributed by atoms with Crippen LogP contribution in [0.1, 0.15) is 74.3 Å². The van der Waals surface area contributed by atoms with Crippen molar-refractivity contribution in [1.29, 1.82) is 0 Å². The molecule has 0 heterocycles. The van der Waals surface area contributed by atoms with Gasteiger partial charge < -0.3 is 0 Å². The monoisotopic (exact) mass is 352 g/mol. The van der Waals surface area contributed by atoms with Gasteiger partial charge in [-0.1, -0.05) is 18.2 Å². The van der Waals surface area contributed by atoms with Crippen LogP contribution in [0.4, 0.5) is 8.78 Å². The Kier molecular flexibility index (Phi) is 5.97. The van der Waals surface area contributed by atoms with E-state index in [1.807, 2.05) is 18.2 Å². The Labute approximate surface area is 149 Å². The fourth-order valence-electron chi connectivity index (χ4n) is 4.50. The van der Waals surface area contributed by atoms with Gasteiger partial charge in [-0.25, -0.2) is 8.78 Å². The van der Waals surface area contributed by atoms with Crippen LogP contribution in [0, 0.1) is 23.5 Å². The van der Waals surface area contributed by atoms with E-state index in [-0.39, 0.29) is 11.8 Å². The molecule has 3 heteroatoms. The first-order valence-corrected chi connectivity index (χ1v) is 9.83. The minimum Gasteiger partial charge on any atom is -0.203 e. The predicted molar refractivity (Wildman–Crippen MR) is 96.7 cm³/mol. The summed E-state index contributed by atoms with van der Waals surface area (Å²) in [5.41, 5.74) is 1.15. The van der Waals surface area contributed by atoms with Crippen molar-refractivity contribution in [3.63, 3.8) is 0 Å². The average molecular weight is 353 g/mol. The van der Waals surface area contributed by atoms with Gasteiger partial charge in [0.2, 0.25) is 0 Å². The Morgan fingerprint density at radius 1 is 0.875 bits per heavy atom. The van der Waals surface area contributed by atoms with Gasteiger partial charge in [0, 0.05) is 5.88 Å². The molecule has 0 aliphatic heterocycles. The van der Waals surface area contributed by atoms with Crippen molar-refractivity contribution in [3.05, 3.63) is 47.5 Å². The Bertz CT molecular complexity index is 567. The van der Waals surface area contributed by atoms with Gasteiger partial charge in [-0.15, -0.1) is 18.2 Å².